The van der Waals surface area contributed by atoms with E-state index in [1.165, 1.54) is 0 Å². The van der Waals surface area contributed by atoms with Crippen molar-refractivity contribution in [2.75, 3.05) is 0 Å². The molecule has 0 saturated carbocycles. The third-order valence-electron chi connectivity index (χ3n) is 6.84. The summed E-state index contributed by atoms with van der Waals surface area (Å²) in [4.78, 5) is 12.7. The fourth-order valence-electron chi connectivity index (χ4n) is 4.58. The highest BCUT2D eigenvalue weighted by Crippen LogP contribution is 2.18. The van der Waals surface area contributed by atoms with Crippen LogP contribution in [0.2, 0.25) is 0 Å². The molecule has 40 heavy (non-hydrogen) atoms. The highest BCUT2D eigenvalue weighted by molar-refractivity contribution is 6.08. The predicted molar refractivity (Wildman–Crippen MR) is 156 cm³/mol. The molecular weight excluding hydrogens is 492 g/mol. The van der Waals surface area contributed by atoms with Gasteiger partial charge in [0.2, 0.25) is 11.4 Å². The van der Waals surface area contributed by atoms with Crippen molar-refractivity contribution in [1.82, 2.24) is 0 Å². The quantitative estimate of drug-likeness (QED) is 0.165. The van der Waals surface area contributed by atoms with Gasteiger partial charge in [-0.05, 0) is 41.0 Å². The summed E-state index contributed by atoms with van der Waals surface area (Å²) in [6.45, 7) is 0.554. The normalized spacial score (nSPS) is 10.7. The van der Waals surface area contributed by atoms with E-state index < -0.39 is 0 Å². The summed E-state index contributed by atoms with van der Waals surface area (Å²) >= 11 is 0. The van der Waals surface area contributed by atoms with Crippen LogP contribution in [0, 0.1) is 0 Å². The summed E-state index contributed by atoms with van der Waals surface area (Å²) in [5, 5.41) is 0. The molecule has 4 heteroatoms. The lowest BCUT2D eigenvalue weighted by molar-refractivity contribution is -0.596. The molecule has 0 aliphatic heterocycles. The maximum absolute atomic E-state index is 12.7. The summed E-state index contributed by atoms with van der Waals surface area (Å²) in [5.41, 5.74) is 6.85. The Hall–Kier alpha value is -5.35. The zero-order chi connectivity index (χ0) is 27.1. The Balaban J connectivity index is 1.10. The van der Waals surface area contributed by atoms with E-state index in [-0.39, 0.29) is 5.78 Å². The number of nitrogens with zero attached hydrogens (tertiary/aromatic N) is 2. The van der Waals surface area contributed by atoms with Crippen LogP contribution in [-0.4, -0.2) is 5.78 Å². The van der Waals surface area contributed by atoms with Crippen LogP contribution in [0.5, 0.6) is 5.75 Å². The molecule has 192 valence electrons. The molecule has 4 aromatic carbocycles. The van der Waals surface area contributed by atoms with Gasteiger partial charge in [-0.2, -0.15) is 9.13 Å². The average Bonchev–Trinajstić information content (AvgIpc) is 3.05. The van der Waals surface area contributed by atoms with E-state index in [0.29, 0.717) is 17.7 Å². The third-order valence-corrected chi connectivity index (χ3v) is 6.84. The number of hydrogen-bond donors (Lipinski definition) is 0. The molecule has 6 rings (SSSR count). The van der Waals surface area contributed by atoms with Crippen LogP contribution in [-0.2, 0) is 6.61 Å². The molecule has 0 saturated heterocycles. The second-order valence-electron chi connectivity index (χ2n) is 9.50. The van der Waals surface area contributed by atoms with Crippen molar-refractivity contribution < 1.29 is 18.7 Å². The molecule has 0 spiro atoms. The van der Waals surface area contributed by atoms with E-state index in [1.54, 1.807) is 0 Å². The van der Waals surface area contributed by atoms with Gasteiger partial charge < -0.3 is 4.74 Å². The first kappa shape index (κ1) is 25.0. The Labute approximate surface area is 234 Å². The van der Waals surface area contributed by atoms with E-state index in [2.05, 4.69) is 65.5 Å². The van der Waals surface area contributed by atoms with E-state index in [9.17, 15) is 4.79 Å². The number of pyridine rings is 2. The maximum Gasteiger partial charge on any atom is 0.210 e. The summed E-state index contributed by atoms with van der Waals surface area (Å²) in [5.74, 6) is 0.876. The van der Waals surface area contributed by atoms with E-state index in [1.807, 2.05) is 102 Å². The van der Waals surface area contributed by atoms with Gasteiger partial charge in [0.15, 0.2) is 30.6 Å². The highest BCUT2D eigenvalue weighted by Gasteiger charge is 2.12. The van der Waals surface area contributed by atoms with Crippen molar-refractivity contribution >= 4 is 5.78 Å². The summed E-state index contributed by atoms with van der Waals surface area (Å²) in [6.07, 6.45) is 8.22. The molecule has 2 heterocycles. The minimum atomic E-state index is 0.0288. The summed E-state index contributed by atoms with van der Waals surface area (Å²) < 4.78 is 10.0. The van der Waals surface area contributed by atoms with Crippen LogP contribution in [0.4, 0.5) is 0 Å². The van der Waals surface area contributed by atoms with Gasteiger partial charge in [0.25, 0.3) is 0 Å². The number of ketones is 1. The SMILES string of the molecule is O=C(c1ccccc1)c1ccc(-[n+]2ccc(-c3cc[n+](-c4ccc(OCc5ccccc5)cc4)cc3)cc2)cc1. The standard InChI is InChI=1S/C36H28N2O2/c39-36(31-9-5-2-6-10-31)32-11-13-33(14-12-32)37-23-19-29(20-24-37)30-21-25-38(26-22-30)34-15-17-35(18-16-34)40-27-28-7-3-1-4-8-28/h1-26H,27H2/q+2. The van der Waals surface area contributed by atoms with Crippen LogP contribution in [0.15, 0.2) is 158 Å². The molecule has 0 aliphatic carbocycles. The molecule has 0 amide bonds. The second kappa shape index (κ2) is 11.6. The smallest absolute Gasteiger partial charge is 0.210 e. The van der Waals surface area contributed by atoms with Crippen LogP contribution >= 0.6 is 0 Å². The van der Waals surface area contributed by atoms with Gasteiger partial charge >= 0.3 is 0 Å². The molecule has 0 bridgehead atoms. The zero-order valence-corrected chi connectivity index (χ0v) is 21.9. The molecule has 0 unspecified atom stereocenters. The first-order valence-corrected chi connectivity index (χ1v) is 13.2. The number of carbonyl (C=O) groups excluding carboxylic acids is 1. The molecule has 6 aromatic rings. The van der Waals surface area contributed by atoms with Crippen molar-refractivity contribution in [3.05, 3.63) is 175 Å². The van der Waals surface area contributed by atoms with Crippen molar-refractivity contribution in [3.8, 4) is 28.3 Å². The number of aromatic nitrogens is 2. The number of ether oxygens (including phenoxy) is 1. The Morgan fingerprint density at radius 1 is 0.500 bits per heavy atom. The van der Waals surface area contributed by atoms with Crippen molar-refractivity contribution in [2.45, 2.75) is 6.61 Å². The average molecular weight is 521 g/mol. The first-order valence-electron chi connectivity index (χ1n) is 13.2. The van der Waals surface area contributed by atoms with Gasteiger partial charge in [0.05, 0.1) is 0 Å². The Kier molecular flexibility index (Phi) is 7.23. The van der Waals surface area contributed by atoms with Crippen LogP contribution in [0.25, 0.3) is 22.5 Å². The summed E-state index contributed by atoms with van der Waals surface area (Å²) in [7, 11) is 0. The van der Waals surface area contributed by atoms with Crippen molar-refractivity contribution in [2.24, 2.45) is 0 Å². The third kappa shape index (κ3) is 5.71. The minimum Gasteiger partial charge on any atom is -0.489 e. The van der Waals surface area contributed by atoms with Crippen molar-refractivity contribution in [1.29, 1.82) is 0 Å². The van der Waals surface area contributed by atoms with E-state index in [4.69, 9.17) is 4.74 Å². The van der Waals surface area contributed by atoms with E-state index >= 15 is 0 Å². The molecule has 2 aromatic heterocycles. The topological polar surface area (TPSA) is 34.1 Å². The van der Waals surface area contributed by atoms with Gasteiger partial charge in [-0.15, -0.1) is 0 Å². The Morgan fingerprint density at radius 2 is 0.950 bits per heavy atom. The molecule has 0 radical (unpaired) electrons. The van der Waals surface area contributed by atoms with Gasteiger partial charge in [-0.25, -0.2) is 0 Å². The van der Waals surface area contributed by atoms with Gasteiger partial charge in [0, 0.05) is 59.7 Å². The number of rotatable bonds is 8. The Morgan fingerprint density at radius 3 is 1.48 bits per heavy atom. The highest BCUT2D eigenvalue weighted by atomic mass is 16.5. The predicted octanol–water partition coefficient (Wildman–Crippen LogP) is 6.72. The molecule has 0 atom stereocenters. The lowest BCUT2D eigenvalue weighted by Gasteiger charge is -2.06. The number of benzene rings is 4. The fraction of sp³-hybridized carbons (Fsp3) is 0.0278. The minimum absolute atomic E-state index is 0.0288. The molecule has 4 nitrogen and oxygen atoms in total. The zero-order valence-electron chi connectivity index (χ0n) is 21.9. The van der Waals surface area contributed by atoms with Gasteiger partial charge in [0.1, 0.15) is 12.4 Å². The number of carbonyl (C=O) groups is 1. The van der Waals surface area contributed by atoms with Crippen molar-refractivity contribution in [3.63, 3.8) is 0 Å². The lowest BCUT2D eigenvalue weighted by atomic mass is 10.0. The van der Waals surface area contributed by atoms with Gasteiger partial charge in [-0.3, -0.25) is 4.79 Å². The van der Waals surface area contributed by atoms with Gasteiger partial charge in [-0.1, -0.05) is 60.7 Å². The number of hydrogen-bond acceptors (Lipinski definition) is 2. The molecule has 0 fully saturated rings. The van der Waals surface area contributed by atoms with Crippen LogP contribution in [0.1, 0.15) is 21.5 Å². The fourth-order valence-corrected chi connectivity index (χ4v) is 4.58. The monoisotopic (exact) mass is 520 g/mol. The molecule has 0 aliphatic rings. The maximum atomic E-state index is 12.7. The van der Waals surface area contributed by atoms with E-state index in [0.717, 1.165) is 33.8 Å². The van der Waals surface area contributed by atoms with Crippen LogP contribution in [0.3, 0.4) is 0 Å². The lowest BCUT2D eigenvalue weighted by Crippen LogP contribution is -2.29. The molecular formula is C36H28N2O2+2. The molecule has 0 N–H and O–H groups in total. The Bertz CT molecular complexity index is 1700. The largest absolute Gasteiger partial charge is 0.489 e. The van der Waals surface area contributed by atoms with Crippen LogP contribution < -0.4 is 13.9 Å². The first-order chi connectivity index (χ1) is 19.7. The summed E-state index contributed by atoms with van der Waals surface area (Å²) in [6, 6.07) is 43.8. The second-order valence-corrected chi connectivity index (χ2v) is 9.50.